The third kappa shape index (κ3) is 3.31. The number of hydrogen-bond acceptors (Lipinski definition) is 2. The molecule has 110 valence electrons. The van der Waals surface area contributed by atoms with Gasteiger partial charge >= 0.3 is 0 Å². The van der Waals surface area contributed by atoms with Gasteiger partial charge in [-0.1, -0.05) is 42.5 Å². The van der Waals surface area contributed by atoms with Crippen LogP contribution >= 0.6 is 0 Å². The fourth-order valence-electron chi connectivity index (χ4n) is 2.87. The van der Waals surface area contributed by atoms with Gasteiger partial charge in [0, 0.05) is 19.1 Å². The molecule has 3 rings (SSSR count). The maximum Gasteiger partial charge on any atom is 0.123 e. The second-order valence-electron chi connectivity index (χ2n) is 5.50. The standard InChI is InChI=1S/C18H20FNO/c1-14(15-6-3-2-4-7-15)20-10-11-21-18(13-20)16-8-5-9-17(19)12-16/h2-9,12,14,18H,10-11,13H2,1H3/t14-,18-/m0/s1. The summed E-state index contributed by atoms with van der Waals surface area (Å²) in [7, 11) is 0. The smallest absolute Gasteiger partial charge is 0.123 e. The first-order chi connectivity index (χ1) is 10.2. The molecule has 2 aromatic rings. The summed E-state index contributed by atoms with van der Waals surface area (Å²) in [5.41, 5.74) is 2.22. The molecular weight excluding hydrogens is 265 g/mol. The average Bonchev–Trinajstić information content (AvgIpc) is 2.55. The molecule has 2 nitrogen and oxygen atoms in total. The van der Waals surface area contributed by atoms with Gasteiger partial charge in [-0.25, -0.2) is 4.39 Å². The van der Waals surface area contributed by atoms with Crippen molar-refractivity contribution in [3.63, 3.8) is 0 Å². The Labute approximate surface area is 125 Å². The number of rotatable bonds is 3. The number of ether oxygens (including phenoxy) is 1. The maximum atomic E-state index is 13.4. The van der Waals surface area contributed by atoms with E-state index in [1.54, 1.807) is 12.1 Å². The van der Waals surface area contributed by atoms with Gasteiger partial charge < -0.3 is 4.74 Å². The van der Waals surface area contributed by atoms with Crippen molar-refractivity contribution in [2.75, 3.05) is 19.7 Å². The minimum Gasteiger partial charge on any atom is -0.371 e. The molecule has 3 heteroatoms. The summed E-state index contributed by atoms with van der Waals surface area (Å²) in [4.78, 5) is 2.40. The van der Waals surface area contributed by atoms with E-state index in [0.29, 0.717) is 12.6 Å². The molecule has 0 spiro atoms. The Kier molecular flexibility index (Phi) is 4.32. The lowest BCUT2D eigenvalue weighted by Gasteiger charge is -2.37. The lowest BCUT2D eigenvalue weighted by Crippen LogP contribution is -2.39. The van der Waals surface area contributed by atoms with Crippen LogP contribution in [0.3, 0.4) is 0 Å². The summed E-state index contributed by atoms with van der Waals surface area (Å²) in [5.74, 6) is -0.204. The molecule has 1 aliphatic rings. The summed E-state index contributed by atoms with van der Waals surface area (Å²) in [5, 5.41) is 0. The maximum absolute atomic E-state index is 13.4. The number of halogens is 1. The van der Waals surface area contributed by atoms with Crippen LogP contribution in [-0.2, 0) is 4.74 Å². The van der Waals surface area contributed by atoms with Gasteiger partial charge in [-0.05, 0) is 30.2 Å². The minimum absolute atomic E-state index is 0.0550. The zero-order valence-electron chi connectivity index (χ0n) is 12.2. The molecule has 0 amide bonds. The molecular formula is C18H20FNO. The lowest BCUT2D eigenvalue weighted by molar-refractivity contribution is -0.0432. The van der Waals surface area contributed by atoms with E-state index in [1.807, 2.05) is 12.1 Å². The van der Waals surface area contributed by atoms with Crippen LogP contribution in [0.4, 0.5) is 4.39 Å². The normalized spacial score (nSPS) is 21.1. The SMILES string of the molecule is C[C@@H](c1ccccc1)N1CCO[C@H](c2cccc(F)c2)C1. The molecule has 0 unspecified atom stereocenters. The monoisotopic (exact) mass is 285 g/mol. The molecule has 0 N–H and O–H groups in total. The van der Waals surface area contributed by atoms with Crippen LogP contribution < -0.4 is 0 Å². The first-order valence-corrected chi connectivity index (χ1v) is 7.40. The van der Waals surface area contributed by atoms with Crippen molar-refractivity contribution in [3.8, 4) is 0 Å². The van der Waals surface area contributed by atoms with E-state index < -0.39 is 0 Å². The van der Waals surface area contributed by atoms with Gasteiger partial charge in [-0.3, -0.25) is 4.90 Å². The topological polar surface area (TPSA) is 12.5 Å². The Morgan fingerprint density at radius 3 is 2.71 bits per heavy atom. The molecule has 0 bridgehead atoms. The largest absolute Gasteiger partial charge is 0.371 e. The number of nitrogens with zero attached hydrogens (tertiary/aromatic N) is 1. The van der Waals surface area contributed by atoms with Gasteiger partial charge in [0.2, 0.25) is 0 Å². The average molecular weight is 285 g/mol. The minimum atomic E-state index is -0.204. The quantitative estimate of drug-likeness (QED) is 0.846. The third-order valence-electron chi connectivity index (χ3n) is 4.15. The lowest BCUT2D eigenvalue weighted by atomic mass is 10.0. The second kappa shape index (κ2) is 6.37. The molecule has 2 atom stereocenters. The van der Waals surface area contributed by atoms with Gasteiger partial charge in [0.15, 0.2) is 0 Å². The predicted molar refractivity (Wildman–Crippen MR) is 81.5 cm³/mol. The van der Waals surface area contributed by atoms with E-state index in [1.165, 1.54) is 11.6 Å². The molecule has 0 aromatic heterocycles. The van der Waals surface area contributed by atoms with Crippen molar-refractivity contribution < 1.29 is 9.13 Å². The Morgan fingerprint density at radius 2 is 1.95 bits per heavy atom. The molecule has 1 aliphatic heterocycles. The molecule has 0 aliphatic carbocycles. The van der Waals surface area contributed by atoms with Gasteiger partial charge in [0.05, 0.1) is 12.7 Å². The second-order valence-corrected chi connectivity index (χ2v) is 5.50. The summed E-state index contributed by atoms with van der Waals surface area (Å²) >= 11 is 0. The number of benzene rings is 2. The summed E-state index contributed by atoms with van der Waals surface area (Å²) in [6.07, 6.45) is -0.0550. The highest BCUT2D eigenvalue weighted by Crippen LogP contribution is 2.28. The van der Waals surface area contributed by atoms with Crippen molar-refractivity contribution in [3.05, 3.63) is 71.5 Å². The fraction of sp³-hybridized carbons (Fsp3) is 0.333. The first-order valence-electron chi connectivity index (χ1n) is 7.40. The van der Waals surface area contributed by atoms with Crippen molar-refractivity contribution in [1.82, 2.24) is 4.90 Å². The molecule has 21 heavy (non-hydrogen) atoms. The predicted octanol–water partition coefficient (Wildman–Crippen LogP) is 3.96. The van der Waals surface area contributed by atoms with Crippen LogP contribution in [0.15, 0.2) is 54.6 Å². The summed E-state index contributed by atoms with van der Waals surface area (Å²) < 4.78 is 19.2. The first kappa shape index (κ1) is 14.2. The van der Waals surface area contributed by atoms with E-state index >= 15 is 0 Å². The Balaban J connectivity index is 1.74. The van der Waals surface area contributed by atoms with E-state index in [9.17, 15) is 4.39 Å². The van der Waals surface area contributed by atoms with Crippen LogP contribution in [0.1, 0.15) is 30.2 Å². The molecule has 2 aromatic carbocycles. The van der Waals surface area contributed by atoms with Gasteiger partial charge in [-0.2, -0.15) is 0 Å². The Morgan fingerprint density at radius 1 is 1.14 bits per heavy atom. The van der Waals surface area contributed by atoms with E-state index in [-0.39, 0.29) is 11.9 Å². The van der Waals surface area contributed by atoms with Crippen LogP contribution in [0.5, 0.6) is 0 Å². The zero-order valence-corrected chi connectivity index (χ0v) is 12.2. The van der Waals surface area contributed by atoms with E-state index in [4.69, 9.17) is 4.74 Å². The van der Waals surface area contributed by atoms with Crippen LogP contribution in [0.2, 0.25) is 0 Å². The highest BCUT2D eigenvalue weighted by Gasteiger charge is 2.26. The third-order valence-corrected chi connectivity index (χ3v) is 4.15. The van der Waals surface area contributed by atoms with Crippen LogP contribution in [0, 0.1) is 5.82 Å². The van der Waals surface area contributed by atoms with Crippen LogP contribution in [0.25, 0.3) is 0 Å². The molecule has 1 heterocycles. The Hall–Kier alpha value is -1.71. The molecule has 1 saturated heterocycles. The molecule has 0 radical (unpaired) electrons. The van der Waals surface area contributed by atoms with Crippen molar-refractivity contribution in [2.45, 2.75) is 19.1 Å². The van der Waals surface area contributed by atoms with Crippen LogP contribution in [-0.4, -0.2) is 24.6 Å². The van der Waals surface area contributed by atoms with Gasteiger partial charge in [0.1, 0.15) is 5.82 Å². The van der Waals surface area contributed by atoms with Gasteiger partial charge in [0.25, 0.3) is 0 Å². The number of morpholine rings is 1. The highest BCUT2D eigenvalue weighted by molar-refractivity contribution is 5.21. The zero-order chi connectivity index (χ0) is 14.7. The number of hydrogen-bond donors (Lipinski definition) is 0. The molecule has 1 fully saturated rings. The van der Waals surface area contributed by atoms with E-state index in [2.05, 4.69) is 36.1 Å². The molecule has 0 saturated carbocycles. The Bertz CT molecular complexity index is 587. The van der Waals surface area contributed by atoms with Crippen molar-refractivity contribution in [2.24, 2.45) is 0 Å². The van der Waals surface area contributed by atoms with E-state index in [0.717, 1.165) is 18.7 Å². The van der Waals surface area contributed by atoms with Crippen molar-refractivity contribution in [1.29, 1.82) is 0 Å². The summed E-state index contributed by atoms with van der Waals surface area (Å²) in [6, 6.07) is 17.5. The fourth-order valence-corrected chi connectivity index (χ4v) is 2.87. The van der Waals surface area contributed by atoms with Gasteiger partial charge in [-0.15, -0.1) is 0 Å². The summed E-state index contributed by atoms with van der Waals surface area (Å²) in [6.45, 7) is 4.59. The van der Waals surface area contributed by atoms with Crippen molar-refractivity contribution >= 4 is 0 Å². The highest BCUT2D eigenvalue weighted by atomic mass is 19.1.